The first-order valence-corrected chi connectivity index (χ1v) is 5.73. The van der Waals surface area contributed by atoms with Crippen LogP contribution in [0.1, 0.15) is 26.2 Å². The van der Waals surface area contributed by atoms with Gasteiger partial charge in [0, 0.05) is 25.0 Å². The molecule has 1 amide bonds. The third-order valence-electron chi connectivity index (χ3n) is 2.63. The Labute approximate surface area is 96.2 Å². The molecule has 1 fully saturated rings. The summed E-state index contributed by atoms with van der Waals surface area (Å²) in [5.41, 5.74) is 0. The van der Waals surface area contributed by atoms with Crippen LogP contribution in [0.15, 0.2) is 0 Å². The van der Waals surface area contributed by atoms with Crippen molar-refractivity contribution in [3.8, 4) is 6.07 Å². The number of nitrogens with one attached hydrogen (secondary N) is 2. The van der Waals surface area contributed by atoms with Gasteiger partial charge in [0.15, 0.2) is 0 Å². The Kier molecular flexibility index (Phi) is 5.83. The van der Waals surface area contributed by atoms with Gasteiger partial charge in [0.25, 0.3) is 0 Å². The van der Waals surface area contributed by atoms with Gasteiger partial charge in [-0.15, -0.1) is 0 Å². The molecule has 90 valence electrons. The van der Waals surface area contributed by atoms with Crippen LogP contribution in [0.3, 0.4) is 0 Å². The Morgan fingerprint density at radius 2 is 2.56 bits per heavy atom. The van der Waals surface area contributed by atoms with Crippen LogP contribution in [0.5, 0.6) is 0 Å². The molecule has 0 aromatic heterocycles. The molecule has 0 aliphatic carbocycles. The van der Waals surface area contributed by atoms with Crippen LogP contribution in [-0.2, 0) is 9.53 Å². The Hall–Kier alpha value is -1.12. The van der Waals surface area contributed by atoms with Gasteiger partial charge < -0.3 is 15.4 Å². The van der Waals surface area contributed by atoms with Gasteiger partial charge in [-0.1, -0.05) is 6.92 Å². The summed E-state index contributed by atoms with van der Waals surface area (Å²) in [5, 5.41) is 14.6. The lowest BCUT2D eigenvalue weighted by Crippen LogP contribution is -2.45. The van der Waals surface area contributed by atoms with Crippen molar-refractivity contribution >= 4 is 5.91 Å². The smallest absolute Gasteiger partial charge is 0.221 e. The van der Waals surface area contributed by atoms with Gasteiger partial charge in [-0.25, -0.2) is 0 Å². The van der Waals surface area contributed by atoms with E-state index in [-0.39, 0.29) is 18.0 Å². The molecule has 1 rings (SSSR count). The molecule has 0 bridgehead atoms. The molecule has 1 saturated heterocycles. The molecule has 0 aromatic rings. The highest BCUT2D eigenvalue weighted by Gasteiger charge is 2.18. The Morgan fingerprint density at radius 3 is 3.12 bits per heavy atom. The molecular formula is C11H19N3O2. The summed E-state index contributed by atoms with van der Waals surface area (Å²) in [6.45, 7) is 4.06. The lowest BCUT2D eigenvalue weighted by atomic mass is 10.1. The molecule has 5 heteroatoms. The second-order valence-electron chi connectivity index (χ2n) is 3.97. The van der Waals surface area contributed by atoms with E-state index in [0.717, 1.165) is 13.0 Å². The highest BCUT2D eigenvalue weighted by Crippen LogP contribution is 2.01. The van der Waals surface area contributed by atoms with Crippen molar-refractivity contribution in [2.24, 2.45) is 0 Å². The third-order valence-corrected chi connectivity index (χ3v) is 2.63. The van der Waals surface area contributed by atoms with Gasteiger partial charge in [0.1, 0.15) is 0 Å². The van der Waals surface area contributed by atoms with E-state index in [1.54, 1.807) is 0 Å². The van der Waals surface area contributed by atoms with Crippen LogP contribution in [0.2, 0.25) is 0 Å². The number of carbonyl (C=O) groups excluding carboxylic acids is 1. The molecule has 16 heavy (non-hydrogen) atoms. The summed E-state index contributed by atoms with van der Waals surface area (Å²) < 4.78 is 5.27. The second-order valence-corrected chi connectivity index (χ2v) is 3.97. The molecule has 1 aliphatic rings. The predicted octanol–water partition coefficient (Wildman–Crippen LogP) is 0.173. The first kappa shape index (κ1) is 12.9. The average molecular weight is 225 g/mol. The van der Waals surface area contributed by atoms with Crippen molar-refractivity contribution in [3.05, 3.63) is 0 Å². The molecule has 0 aromatic carbocycles. The number of nitriles is 1. The molecule has 0 radical (unpaired) electrons. The van der Waals surface area contributed by atoms with Crippen LogP contribution >= 0.6 is 0 Å². The fourth-order valence-electron chi connectivity index (χ4n) is 1.67. The van der Waals surface area contributed by atoms with Gasteiger partial charge in [-0.05, 0) is 6.42 Å². The lowest BCUT2D eigenvalue weighted by molar-refractivity contribution is -0.123. The first-order valence-electron chi connectivity index (χ1n) is 5.73. The van der Waals surface area contributed by atoms with Crippen molar-refractivity contribution < 1.29 is 9.53 Å². The summed E-state index contributed by atoms with van der Waals surface area (Å²) in [6.07, 6.45) is 1.58. The Bertz CT molecular complexity index is 256. The SMILES string of the molecule is CCC(CC#N)NC(=O)CC1COCCN1. The molecule has 1 heterocycles. The number of ether oxygens (including phenoxy) is 1. The minimum atomic E-state index is -0.0259. The minimum absolute atomic E-state index is 0.00917. The number of carbonyl (C=O) groups is 1. The van der Waals surface area contributed by atoms with Gasteiger partial charge in [-0.3, -0.25) is 4.79 Å². The molecule has 0 spiro atoms. The number of amides is 1. The maximum Gasteiger partial charge on any atom is 0.221 e. The monoisotopic (exact) mass is 225 g/mol. The maximum atomic E-state index is 11.6. The normalized spacial score (nSPS) is 22.1. The van der Waals surface area contributed by atoms with Crippen molar-refractivity contribution in [1.29, 1.82) is 5.26 Å². The van der Waals surface area contributed by atoms with E-state index < -0.39 is 0 Å². The summed E-state index contributed by atoms with van der Waals surface area (Å²) >= 11 is 0. The number of hydrogen-bond acceptors (Lipinski definition) is 4. The topological polar surface area (TPSA) is 74.2 Å². The quantitative estimate of drug-likeness (QED) is 0.699. The Balaban J connectivity index is 2.25. The highest BCUT2D eigenvalue weighted by molar-refractivity contribution is 5.76. The van der Waals surface area contributed by atoms with Crippen LogP contribution in [0.25, 0.3) is 0 Å². The zero-order chi connectivity index (χ0) is 11.8. The fourth-order valence-corrected chi connectivity index (χ4v) is 1.67. The summed E-state index contributed by atoms with van der Waals surface area (Å²) in [5.74, 6) is -0.00917. The third kappa shape index (κ3) is 4.60. The van der Waals surface area contributed by atoms with Crippen LogP contribution < -0.4 is 10.6 Å². The van der Waals surface area contributed by atoms with Crippen molar-refractivity contribution in [2.45, 2.75) is 38.3 Å². The van der Waals surface area contributed by atoms with Crippen molar-refractivity contribution in [1.82, 2.24) is 10.6 Å². The number of rotatable bonds is 5. The second kappa shape index (κ2) is 7.20. The molecule has 2 atom stereocenters. The number of nitrogens with zero attached hydrogens (tertiary/aromatic N) is 1. The molecule has 2 N–H and O–H groups in total. The Morgan fingerprint density at radius 1 is 1.75 bits per heavy atom. The summed E-state index contributed by atoms with van der Waals surface area (Å²) in [7, 11) is 0. The molecule has 0 saturated carbocycles. The minimum Gasteiger partial charge on any atom is -0.378 e. The fraction of sp³-hybridized carbons (Fsp3) is 0.818. The van der Waals surface area contributed by atoms with Crippen LogP contribution in [0.4, 0.5) is 0 Å². The lowest BCUT2D eigenvalue weighted by Gasteiger charge is -2.24. The van der Waals surface area contributed by atoms with Gasteiger partial charge >= 0.3 is 0 Å². The van der Waals surface area contributed by atoms with E-state index in [4.69, 9.17) is 10.00 Å². The van der Waals surface area contributed by atoms with E-state index in [1.165, 1.54) is 0 Å². The average Bonchev–Trinajstić information content (AvgIpc) is 2.29. The van der Waals surface area contributed by atoms with Gasteiger partial charge in [-0.2, -0.15) is 5.26 Å². The summed E-state index contributed by atoms with van der Waals surface area (Å²) in [4.78, 5) is 11.6. The first-order chi connectivity index (χ1) is 7.76. The van der Waals surface area contributed by atoms with Gasteiger partial charge in [0.2, 0.25) is 5.91 Å². The maximum absolute atomic E-state index is 11.6. The highest BCUT2D eigenvalue weighted by atomic mass is 16.5. The number of morpholine rings is 1. The standard InChI is InChI=1S/C11H19N3O2/c1-2-9(3-4-12)14-11(15)7-10-8-16-6-5-13-10/h9-10,13H,2-3,5-8H2,1H3,(H,14,15). The summed E-state index contributed by atoms with van der Waals surface area (Å²) in [6, 6.07) is 2.15. The molecule has 1 aliphatic heterocycles. The van der Waals surface area contributed by atoms with Crippen molar-refractivity contribution in [3.63, 3.8) is 0 Å². The van der Waals surface area contributed by atoms with Crippen LogP contribution in [0, 0.1) is 11.3 Å². The van der Waals surface area contributed by atoms with Gasteiger partial charge in [0.05, 0.1) is 25.7 Å². The van der Waals surface area contributed by atoms with Crippen LogP contribution in [-0.4, -0.2) is 37.7 Å². The van der Waals surface area contributed by atoms with E-state index >= 15 is 0 Å². The van der Waals surface area contributed by atoms with Crippen molar-refractivity contribution in [2.75, 3.05) is 19.8 Å². The van der Waals surface area contributed by atoms with E-state index in [0.29, 0.717) is 26.1 Å². The van der Waals surface area contributed by atoms with E-state index in [9.17, 15) is 4.79 Å². The number of hydrogen-bond donors (Lipinski definition) is 2. The molecular weight excluding hydrogens is 206 g/mol. The zero-order valence-electron chi connectivity index (χ0n) is 9.66. The zero-order valence-corrected chi connectivity index (χ0v) is 9.66. The van der Waals surface area contributed by atoms with E-state index in [2.05, 4.69) is 16.7 Å². The molecule has 5 nitrogen and oxygen atoms in total. The van der Waals surface area contributed by atoms with E-state index in [1.807, 2.05) is 6.92 Å². The molecule has 2 unspecified atom stereocenters. The predicted molar refractivity (Wildman–Crippen MR) is 59.7 cm³/mol. The largest absolute Gasteiger partial charge is 0.378 e.